The van der Waals surface area contributed by atoms with Crippen LogP contribution in [0.25, 0.3) is 5.70 Å². The molecule has 1 aliphatic heterocycles. The summed E-state index contributed by atoms with van der Waals surface area (Å²) in [5.41, 5.74) is 5.56. The lowest BCUT2D eigenvalue weighted by atomic mass is 9.99. The zero-order chi connectivity index (χ0) is 27.0. The van der Waals surface area contributed by atoms with Crippen LogP contribution < -0.4 is 16.2 Å². The number of aromatic amines is 1. The summed E-state index contributed by atoms with van der Waals surface area (Å²) in [4.78, 5) is 28.2. The van der Waals surface area contributed by atoms with E-state index in [9.17, 15) is 9.59 Å². The van der Waals surface area contributed by atoms with E-state index >= 15 is 0 Å². The van der Waals surface area contributed by atoms with E-state index in [1.54, 1.807) is 18.3 Å². The molecule has 0 unspecified atom stereocenters. The average molecular weight is 497 g/mol. The van der Waals surface area contributed by atoms with Crippen LogP contribution in [0.15, 0.2) is 127 Å². The van der Waals surface area contributed by atoms with Crippen LogP contribution in [0.2, 0.25) is 0 Å². The summed E-state index contributed by atoms with van der Waals surface area (Å²) in [6.45, 7) is 14.5. The molecule has 3 N–H and O–H groups in total. The number of H-pyrrole nitrogens is 1. The molecule has 0 bridgehead atoms. The molecule has 37 heavy (non-hydrogen) atoms. The molecule has 0 saturated carbocycles. The number of benzene rings is 1. The summed E-state index contributed by atoms with van der Waals surface area (Å²) >= 11 is 0. The predicted octanol–water partition coefficient (Wildman–Crippen LogP) is 5.82. The fourth-order valence-corrected chi connectivity index (χ4v) is 3.61. The van der Waals surface area contributed by atoms with Gasteiger partial charge in [0, 0.05) is 54.9 Å². The van der Waals surface area contributed by atoms with E-state index in [0.717, 1.165) is 41.1 Å². The molecule has 0 fully saturated rings. The number of rotatable bonds is 9. The molecule has 0 atom stereocenters. The molecule has 6 nitrogen and oxygen atoms in total. The van der Waals surface area contributed by atoms with E-state index in [2.05, 4.69) is 35.4 Å². The van der Waals surface area contributed by atoms with E-state index < -0.39 is 0 Å². The van der Waals surface area contributed by atoms with Crippen molar-refractivity contribution < 1.29 is 4.79 Å². The van der Waals surface area contributed by atoms with E-state index in [4.69, 9.17) is 0 Å². The highest BCUT2D eigenvalue weighted by Crippen LogP contribution is 2.21. The Morgan fingerprint density at radius 1 is 1.03 bits per heavy atom. The maximum Gasteiger partial charge on any atom is 0.254 e. The highest BCUT2D eigenvalue weighted by atomic mass is 16.2. The first-order valence-corrected chi connectivity index (χ1v) is 12.1. The van der Waals surface area contributed by atoms with Crippen molar-refractivity contribution in [2.24, 2.45) is 0 Å². The lowest BCUT2D eigenvalue weighted by molar-refractivity contribution is 0.0766. The molecule has 6 heteroatoms. The van der Waals surface area contributed by atoms with Crippen molar-refractivity contribution in [3.05, 3.63) is 144 Å². The van der Waals surface area contributed by atoms with Crippen LogP contribution in [0.3, 0.4) is 0 Å². The largest absolute Gasteiger partial charge is 0.388 e. The lowest BCUT2D eigenvalue weighted by Crippen LogP contribution is -2.36. The summed E-state index contributed by atoms with van der Waals surface area (Å²) in [6.07, 6.45) is 17.1. The molecule has 2 heterocycles. The lowest BCUT2D eigenvalue weighted by Gasteiger charge is -2.29. The Morgan fingerprint density at radius 2 is 1.76 bits per heavy atom. The Morgan fingerprint density at radius 3 is 2.35 bits per heavy atom. The summed E-state index contributed by atoms with van der Waals surface area (Å²) in [6, 6.07) is 10.9. The number of nitrogens with one attached hydrogen (secondary N) is 3. The first kappa shape index (κ1) is 28.7. The number of nitrogens with zero attached hydrogens (tertiary/aromatic N) is 1. The van der Waals surface area contributed by atoms with Gasteiger partial charge in [-0.05, 0) is 67.1 Å². The Kier molecular flexibility index (Phi) is 11.9. The SMILES string of the molecule is C=C/C=C\C=C(/N/C=C\C)c1cc[nH]c(=O)c1.C=CC1=C(C=C)CN(C(=O)c2ccc(NC)cc2)CC1. The number of hydrogen-bond donors (Lipinski definition) is 3. The third-order valence-electron chi connectivity index (χ3n) is 5.63. The maximum absolute atomic E-state index is 12.5. The summed E-state index contributed by atoms with van der Waals surface area (Å²) < 4.78 is 0. The average Bonchev–Trinajstić information content (AvgIpc) is 2.94. The Bertz CT molecular complexity index is 1260. The summed E-state index contributed by atoms with van der Waals surface area (Å²) in [5.74, 6) is 0.0649. The molecule has 2 aromatic rings. The van der Waals surface area contributed by atoms with Gasteiger partial charge in [0.1, 0.15) is 0 Å². The molecule has 0 spiro atoms. The van der Waals surface area contributed by atoms with Crippen LogP contribution in [-0.4, -0.2) is 35.9 Å². The van der Waals surface area contributed by atoms with E-state index in [0.29, 0.717) is 6.54 Å². The first-order chi connectivity index (χ1) is 18.0. The van der Waals surface area contributed by atoms with Crippen molar-refractivity contribution in [2.45, 2.75) is 13.3 Å². The maximum atomic E-state index is 12.5. The molecule has 0 saturated heterocycles. The van der Waals surface area contributed by atoms with Crippen LogP contribution >= 0.6 is 0 Å². The first-order valence-electron chi connectivity index (χ1n) is 12.1. The molecule has 3 rings (SSSR count). The third kappa shape index (κ3) is 8.85. The monoisotopic (exact) mass is 496 g/mol. The number of hydrogen-bond acceptors (Lipinski definition) is 4. The number of amides is 1. The van der Waals surface area contributed by atoms with E-state index in [1.807, 2.05) is 91.9 Å². The van der Waals surface area contributed by atoms with Crippen LogP contribution in [0, 0.1) is 0 Å². The van der Waals surface area contributed by atoms with E-state index in [-0.39, 0.29) is 11.5 Å². The van der Waals surface area contributed by atoms with Crippen molar-refractivity contribution in [1.82, 2.24) is 15.2 Å². The number of allylic oxidation sites excluding steroid dienone is 6. The van der Waals surface area contributed by atoms with Gasteiger partial charge in [0.05, 0.1) is 0 Å². The second kappa shape index (κ2) is 15.4. The molecule has 0 radical (unpaired) electrons. The molecule has 0 aliphatic carbocycles. The zero-order valence-electron chi connectivity index (χ0n) is 21.7. The highest BCUT2D eigenvalue weighted by molar-refractivity contribution is 5.95. The normalized spacial score (nSPS) is 13.7. The Balaban J connectivity index is 0.000000264. The van der Waals surface area contributed by atoms with Crippen molar-refractivity contribution in [3.63, 3.8) is 0 Å². The molecule has 1 aromatic carbocycles. The predicted molar refractivity (Wildman–Crippen MR) is 156 cm³/mol. The summed E-state index contributed by atoms with van der Waals surface area (Å²) in [7, 11) is 1.86. The number of aromatic nitrogens is 1. The third-order valence-corrected chi connectivity index (χ3v) is 5.63. The highest BCUT2D eigenvalue weighted by Gasteiger charge is 2.21. The Hall–Kier alpha value is -4.58. The number of carbonyl (C=O) groups excluding carboxylic acids is 1. The standard InChI is InChI=1S/C17H20N2O.C14H16N2O/c1-4-13-10-11-19(12-14(13)5-2)17(20)15-6-8-16(18-3)9-7-15;1-3-5-6-7-13(15-9-4-2)12-8-10-16-14(17)11-12/h4-9,18H,1-2,10-12H2,3H3;3-11,15H,1H2,2H3,(H,16,17)/b;6-5-,9-4-,13-7-. The number of anilines is 1. The second-order valence-corrected chi connectivity index (χ2v) is 8.05. The molecule has 1 aromatic heterocycles. The quantitative estimate of drug-likeness (QED) is 0.382. The van der Waals surface area contributed by atoms with Gasteiger partial charge in [-0.3, -0.25) is 9.59 Å². The minimum atomic E-state index is -0.122. The van der Waals surface area contributed by atoms with E-state index in [1.165, 1.54) is 5.57 Å². The smallest absolute Gasteiger partial charge is 0.254 e. The van der Waals surface area contributed by atoms with Gasteiger partial charge in [0.2, 0.25) is 5.56 Å². The van der Waals surface area contributed by atoms with Gasteiger partial charge >= 0.3 is 0 Å². The molecule has 192 valence electrons. The van der Waals surface area contributed by atoms with Gasteiger partial charge in [0.15, 0.2) is 0 Å². The van der Waals surface area contributed by atoms with Crippen molar-refractivity contribution >= 4 is 17.3 Å². The van der Waals surface area contributed by atoms with Gasteiger partial charge in [-0.25, -0.2) is 0 Å². The minimum absolute atomic E-state index is 0.0649. The minimum Gasteiger partial charge on any atom is -0.388 e. The fourth-order valence-electron chi connectivity index (χ4n) is 3.61. The number of carbonyl (C=O) groups is 1. The Labute approximate surface area is 219 Å². The fraction of sp³-hybridized carbons (Fsp3) is 0.161. The topological polar surface area (TPSA) is 77.2 Å². The van der Waals surface area contributed by atoms with Gasteiger partial charge in [-0.2, -0.15) is 0 Å². The van der Waals surface area contributed by atoms with Crippen LogP contribution in [0.1, 0.15) is 29.3 Å². The molecular weight excluding hydrogens is 460 g/mol. The van der Waals surface area contributed by atoms with Crippen LogP contribution in [-0.2, 0) is 0 Å². The van der Waals surface area contributed by atoms with Gasteiger partial charge in [-0.1, -0.05) is 56.2 Å². The number of pyridine rings is 1. The van der Waals surface area contributed by atoms with Gasteiger partial charge in [-0.15, -0.1) is 0 Å². The van der Waals surface area contributed by atoms with Crippen molar-refractivity contribution in [3.8, 4) is 0 Å². The summed E-state index contributed by atoms with van der Waals surface area (Å²) in [5, 5.41) is 6.16. The van der Waals surface area contributed by atoms with Crippen LogP contribution in [0.4, 0.5) is 5.69 Å². The molecule has 1 amide bonds. The zero-order valence-corrected chi connectivity index (χ0v) is 21.7. The van der Waals surface area contributed by atoms with Crippen molar-refractivity contribution in [1.29, 1.82) is 0 Å². The second-order valence-electron chi connectivity index (χ2n) is 8.05. The van der Waals surface area contributed by atoms with Crippen LogP contribution in [0.5, 0.6) is 0 Å². The molecular formula is C31H36N4O2. The van der Waals surface area contributed by atoms with Crippen molar-refractivity contribution in [2.75, 3.05) is 25.5 Å². The molecule has 1 aliphatic rings. The van der Waals surface area contributed by atoms with Gasteiger partial charge in [0.25, 0.3) is 5.91 Å². The van der Waals surface area contributed by atoms with Gasteiger partial charge < -0.3 is 20.5 Å².